The predicted octanol–water partition coefficient (Wildman–Crippen LogP) is 4.73. The third-order valence-corrected chi connectivity index (χ3v) is 2.64. The zero-order chi connectivity index (χ0) is 22.7. The van der Waals surface area contributed by atoms with Gasteiger partial charge in [0.1, 0.15) is 0 Å². The summed E-state index contributed by atoms with van der Waals surface area (Å²) >= 11 is 0. The van der Waals surface area contributed by atoms with Gasteiger partial charge in [-0.3, -0.25) is 0 Å². The van der Waals surface area contributed by atoms with Gasteiger partial charge in [-0.2, -0.15) is 36.3 Å². The van der Waals surface area contributed by atoms with Crippen LogP contribution in [0.5, 0.6) is 12.0 Å². The van der Waals surface area contributed by atoms with Gasteiger partial charge in [0.15, 0.2) is 42.2 Å². The second-order valence-corrected chi connectivity index (χ2v) is 5.03. The molecule has 0 amide bonds. The summed E-state index contributed by atoms with van der Waals surface area (Å²) in [6, 6.07) is -2.61. The molecule has 17 heteroatoms. The Bertz CT molecular complexity index is 885. The minimum atomic E-state index is -4.90. The average molecular weight is 453 g/mol. The molecule has 0 fully saturated rings. The van der Waals surface area contributed by atoms with Crippen molar-refractivity contribution in [3.63, 3.8) is 0 Å². The summed E-state index contributed by atoms with van der Waals surface area (Å²) in [5.41, 5.74) is -1.61. The van der Waals surface area contributed by atoms with Gasteiger partial charge in [0.2, 0.25) is 0 Å². The smallest absolute Gasteiger partial charge is 0.422 e. The molecule has 0 radical (unpaired) electrons. The summed E-state index contributed by atoms with van der Waals surface area (Å²) in [6.45, 7) is -3.96. The number of hydrogen-bond donors (Lipinski definition) is 0. The average Bonchev–Trinajstić information content (AvgIpc) is 2.62. The monoisotopic (exact) mass is 453 g/mol. The summed E-state index contributed by atoms with van der Waals surface area (Å²) < 4.78 is 135. The molecule has 2 rings (SSSR count). The summed E-state index contributed by atoms with van der Waals surface area (Å²) in [7, 11) is 0. The standard InChI is InChI=1S/C13H5F10N5O2/c14-4-1-5(15)7(17)8(6(4)16)27-28-9-24-10(29-2-12(18,19)20)26-11(25-9)30-3-13(21,22)23/h1H,2-3H2. The number of nitrogens with zero attached hydrogens (tertiary/aromatic N) is 5. The molecule has 164 valence electrons. The van der Waals surface area contributed by atoms with Crippen LogP contribution in [0.25, 0.3) is 0 Å². The zero-order valence-corrected chi connectivity index (χ0v) is 13.8. The number of halogens is 10. The van der Waals surface area contributed by atoms with Gasteiger partial charge in [-0.15, -0.1) is 15.2 Å². The van der Waals surface area contributed by atoms with Crippen LogP contribution in [0.1, 0.15) is 0 Å². The second kappa shape index (κ2) is 8.62. The SMILES string of the molecule is Fc1cc(F)c(F)c(N=Nc2nc(OCC(F)(F)F)nc(OCC(F)(F)F)n2)c1F. The number of azo groups is 1. The van der Waals surface area contributed by atoms with E-state index in [4.69, 9.17) is 0 Å². The maximum Gasteiger partial charge on any atom is 0.422 e. The Morgan fingerprint density at radius 3 is 1.53 bits per heavy atom. The molecular weight excluding hydrogens is 448 g/mol. The minimum Gasteiger partial charge on any atom is -0.454 e. The Kier molecular flexibility index (Phi) is 6.61. The lowest BCUT2D eigenvalue weighted by molar-refractivity contribution is -0.156. The fourth-order valence-corrected chi connectivity index (χ4v) is 1.54. The molecule has 7 nitrogen and oxygen atoms in total. The van der Waals surface area contributed by atoms with Gasteiger partial charge >= 0.3 is 24.4 Å². The Hall–Kier alpha value is -3.27. The van der Waals surface area contributed by atoms with Gasteiger partial charge in [-0.25, -0.2) is 17.6 Å². The van der Waals surface area contributed by atoms with Crippen LogP contribution >= 0.6 is 0 Å². The zero-order valence-electron chi connectivity index (χ0n) is 13.8. The summed E-state index contributed by atoms with van der Waals surface area (Å²) in [5, 5.41) is 5.70. The molecular formula is C13H5F10N5O2. The topological polar surface area (TPSA) is 81.9 Å². The van der Waals surface area contributed by atoms with Crippen LogP contribution in [-0.2, 0) is 0 Å². The molecule has 0 saturated heterocycles. The first-order chi connectivity index (χ1) is 13.7. The van der Waals surface area contributed by atoms with Crippen molar-refractivity contribution in [3.05, 3.63) is 29.3 Å². The van der Waals surface area contributed by atoms with Crippen molar-refractivity contribution in [1.82, 2.24) is 15.0 Å². The fraction of sp³-hybridized carbons (Fsp3) is 0.308. The molecule has 0 unspecified atom stereocenters. The Morgan fingerprint density at radius 1 is 0.700 bits per heavy atom. The van der Waals surface area contributed by atoms with Crippen molar-refractivity contribution < 1.29 is 53.4 Å². The normalized spacial score (nSPS) is 12.5. The van der Waals surface area contributed by atoms with E-state index in [1.54, 1.807) is 0 Å². The van der Waals surface area contributed by atoms with Gasteiger partial charge in [-0.05, 0) is 0 Å². The van der Waals surface area contributed by atoms with Crippen molar-refractivity contribution in [2.24, 2.45) is 10.2 Å². The maximum atomic E-state index is 13.5. The van der Waals surface area contributed by atoms with Gasteiger partial charge < -0.3 is 9.47 Å². The third-order valence-electron chi connectivity index (χ3n) is 2.64. The van der Waals surface area contributed by atoms with E-state index in [9.17, 15) is 43.9 Å². The molecule has 2 aromatic rings. The van der Waals surface area contributed by atoms with Gasteiger partial charge in [0.25, 0.3) is 5.95 Å². The lowest BCUT2D eigenvalue weighted by atomic mass is 10.3. The molecule has 1 heterocycles. The highest BCUT2D eigenvalue weighted by molar-refractivity contribution is 5.41. The van der Waals surface area contributed by atoms with Crippen LogP contribution in [0.2, 0.25) is 0 Å². The fourth-order valence-electron chi connectivity index (χ4n) is 1.54. The number of ether oxygens (including phenoxy) is 2. The van der Waals surface area contributed by atoms with E-state index in [-0.39, 0.29) is 6.07 Å². The van der Waals surface area contributed by atoms with E-state index in [0.717, 1.165) is 0 Å². The molecule has 0 N–H and O–H groups in total. The van der Waals surface area contributed by atoms with E-state index >= 15 is 0 Å². The summed E-state index contributed by atoms with van der Waals surface area (Å²) in [4.78, 5) is 9.22. The Morgan fingerprint density at radius 2 is 1.13 bits per heavy atom. The van der Waals surface area contributed by atoms with E-state index in [1.807, 2.05) is 0 Å². The third kappa shape index (κ3) is 6.66. The molecule has 1 aromatic carbocycles. The quantitative estimate of drug-likeness (QED) is 0.359. The first-order valence-corrected chi connectivity index (χ1v) is 7.15. The number of benzene rings is 1. The number of aromatic nitrogens is 3. The molecule has 0 atom stereocenters. The van der Waals surface area contributed by atoms with Crippen molar-refractivity contribution >= 4 is 11.6 Å². The molecule has 1 aromatic heterocycles. The Balaban J connectivity index is 2.39. The van der Waals surface area contributed by atoms with E-state index < -0.39 is 72.5 Å². The van der Waals surface area contributed by atoms with Crippen LogP contribution in [-0.4, -0.2) is 40.5 Å². The van der Waals surface area contributed by atoms with Gasteiger partial charge in [-0.1, -0.05) is 0 Å². The maximum absolute atomic E-state index is 13.5. The van der Waals surface area contributed by atoms with Crippen molar-refractivity contribution in [1.29, 1.82) is 0 Å². The lowest BCUT2D eigenvalue weighted by Gasteiger charge is -2.10. The van der Waals surface area contributed by atoms with Gasteiger partial charge in [0.05, 0.1) is 0 Å². The molecule has 0 aliphatic heterocycles. The second-order valence-electron chi connectivity index (χ2n) is 5.03. The molecule has 0 aliphatic carbocycles. The lowest BCUT2D eigenvalue weighted by Crippen LogP contribution is -2.22. The van der Waals surface area contributed by atoms with E-state index in [1.165, 1.54) is 0 Å². The van der Waals surface area contributed by atoms with Crippen molar-refractivity contribution in [2.45, 2.75) is 12.4 Å². The van der Waals surface area contributed by atoms with Crippen molar-refractivity contribution in [2.75, 3.05) is 13.2 Å². The van der Waals surface area contributed by atoms with E-state index in [2.05, 4.69) is 34.7 Å². The highest BCUT2D eigenvalue weighted by atomic mass is 19.4. The summed E-state index contributed by atoms with van der Waals surface area (Å²) in [6.07, 6.45) is -9.79. The van der Waals surface area contributed by atoms with E-state index in [0.29, 0.717) is 0 Å². The number of rotatable bonds is 6. The van der Waals surface area contributed by atoms with Crippen molar-refractivity contribution in [3.8, 4) is 12.0 Å². The Labute approximate surface area is 158 Å². The first kappa shape index (κ1) is 23.0. The number of hydrogen-bond acceptors (Lipinski definition) is 7. The first-order valence-electron chi connectivity index (χ1n) is 7.15. The largest absolute Gasteiger partial charge is 0.454 e. The van der Waals surface area contributed by atoms with Crippen LogP contribution in [0.4, 0.5) is 55.5 Å². The highest BCUT2D eigenvalue weighted by Gasteiger charge is 2.31. The van der Waals surface area contributed by atoms with Crippen LogP contribution in [0.3, 0.4) is 0 Å². The molecule has 0 bridgehead atoms. The highest BCUT2D eigenvalue weighted by Crippen LogP contribution is 2.29. The predicted molar refractivity (Wildman–Crippen MR) is 73.4 cm³/mol. The molecule has 30 heavy (non-hydrogen) atoms. The molecule has 0 aliphatic rings. The molecule has 0 spiro atoms. The van der Waals surface area contributed by atoms with Crippen LogP contribution < -0.4 is 9.47 Å². The number of alkyl halides is 6. The van der Waals surface area contributed by atoms with Crippen LogP contribution in [0.15, 0.2) is 16.3 Å². The molecule has 0 saturated carbocycles. The minimum absolute atomic E-state index is 0.140. The summed E-state index contributed by atoms with van der Waals surface area (Å²) in [5.74, 6) is -8.85. The van der Waals surface area contributed by atoms with Crippen LogP contribution in [0, 0.1) is 23.3 Å². The van der Waals surface area contributed by atoms with Gasteiger partial charge in [0, 0.05) is 6.07 Å².